The average Bonchev–Trinajstić information content (AvgIpc) is 2.85. The van der Waals surface area contributed by atoms with E-state index in [4.69, 9.17) is 4.74 Å². The molecule has 5 rings (SSSR count). The van der Waals surface area contributed by atoms with Gasteiger partial charge >= 0.3 is 0 Å². The number of rotatable bonds is 6. The molecule has 0 amide bonds. The van der Waals surface area contributed by atoms with E-state index in [0.717, 1.165) is 67.0 Å². The van der Waals surface area contributed by atoms with Crippen LogP contribution in [0.5, 0.6) is 5.75 Å². The number of benzene rings is 2. The number of aromatic nitrogens is 3. The number of ether oxygens (including phenoxy) is 1. The molecule has 164 valence electrons. The van der Waals surface area contributed by atoms with Crippen LogP contribution in [0.15, 0.2) is 65.8 Å². The van der Waals surface area contributed by atoms with Crippen molar-refractivity contribution in [2.75, 3.05) is 44.7 Å². The standard InChI is InChI=1S/C25H27N5O2/c1-32-23-10-5-4-9-22(23)29-15-13-28(14-16-29)11-6-12-30-18-27-24-19-7-2-3-8-21(19)26-17-20(24)25(30)31/h2-5,7-10,17-18H,6,11-16H2,1H3. The Kier molecular flexibility index (Phi) is 5.73. The zero-order valence-corrected chi connectivity index (χ0v) is 18.3. The molecule has 32 heavy (non-hydrogen) atoms. The number of para-hydroxylation sites is 3. The lowest BCUT2D eigenvalue weighted by Crippen LogP contribution is -2.46. The van der Waals surface area contributed by atoms with Gasteiger partial charge in [0.15, 0.2) is 0 Å². The molecular formula is C25H27N5O2. The van der Waals surface area contributed by atoms with Gasteiger partial charge in [0.05, 0.1) is 35.5 Å². The summed E-state index contributed by atoms with van der Waals surface area (Å²) in [5.74, 6) is 0.923. The molecule has 2 aromatic heterocycles. The van der Waals surface area contributed by atoms with Gasteiger partial charge in [-0.1, -0.05) is 30.3 Å². The van der Waals surface area contributed by atoms with Gasteiger partial charge in [-0.3, -0.25) is 19.2 Å². The van der Waals surface area contributed by atoms with Crippen molar-refractivity contribution >= 4 is 27.5 Å². The SMILES string of the molecule is COc1ccccc1N1CCN(CCCn2cnc3c(cnc4ccccc43)c2=O)CC1. The molecule has 0 N–H and O–H groups in total. The van der Waals surface area contributed by atoms with Crippen molar-refractivity contribution in [3.05, 3.63) is 71.4 Å². The minimum Gasteiger partial charge on any atom is -0.495 e. The maximum atomic E-state index is 13.0. The zero-order chi connectivity index (χ0) is 21.9. The second-order valence-electron chi connectivity index (χ2n) is 8.13. The van der Waals surface area contributed by atoms with E-state index in [9.17, 15) is 4.79 Å². The second kappa shape index (κ2) is 8.96. The van der Waals surface area contributed by atoms with Gasteiger partial charge < -0.3 is 9.64 Å². The Labute approximate surface area is 186 Å². The van der Waals surface area contributed by atoms with Crippen molar-refractivity contribution in [3.8, 4) is 5.75 Å². The molecule has 0 aliphatic carbocycles. The first-order chi connectivity index (χ1) is 15.7. The van der Waals surface area contributed by atoms with E-state index in [2.05, 4.69) is 31.9 Å². The number of anilines is 1. The summed E-state index contributed by atoms with van der Waals surface area (Å²) in [5, 5.41) is 1.50. The van der Waals surface area contributed by atoms with E-state index in [1.54, 1.807) is 24.2 Å². The van der Waals surface area contributed by atoms with E-state index < -0.39 is 0 Å². The van der Waals surface area contributed by atoms with E-state index in [1.807, 2.05) is 36.4 Å². The van der Waals surface area contributed by atoms with Crippen molar-refractivity contribution in [1.82, 2.24) is 19.4 Å². The number of piperazine rings is 1. The lowest BCUT2D eigenvalue weighted by molar-refractivity contribution is 0.249. The quantitative estimate of drug-likeness (QED) is 0.439. The molecule has 1 aliphatic rings. The van der Waals surface area contributed by atoms with Gasteiger partial charge in [-0.15, -0.1) is 0 Å². The molecular weight excluding hydrogens is 402 g/mol. The smallest absolute Gasteiger partial charge is 0.262 e. The van der Waals surface area contributed by atoms with E-state index in [-0.39, 0.29) is 5.56 Å². The number of hydrogen-bond acceptors (Lipinski definition) is 6. The Bertz CT molecular complexity index is 1290. The lowest BCUT2D eigenvalue weighted by Gasteiger charge is -2.36. The third kappa shape index (κ3) is 3.91. The molecule has 0 atom stereocenters. The summed E-state index contributed by atoms with van der Waals surface area (Å²) < 4.78 is 7.22. The number of pyridine rings is 1. The van der Waals surface area contributed by atoms with Gasteiger partial charge in [0.1, 0.15) is 5.75 Å². The van der Waals surface area contributed by atoms with Crippen LogP contribution >= 0.6 is 0 Å². The minimum atomic E-state index is -0.0192. The van der Waals surface area contributed by atoms with Crippen LogP contribution in [-0.4, -0.2) is 59.3 Å². The van der Waals surface area contributed by atoms with Crippen molar-refractivity contribution in [3.63, 3.8) is 0 Å². The highest BCUT2D eigenvalue weighted by atomic mass is 16.5. The molecule has 0 spiro atoms. The highest BCUT2D eigenvalue weighted by Crippen LogP contribution is 2.28. The second-order valence-corrected chi connectivity index (χ2v) is 8.13. The summed E-state index contributed by atoms with van der Waals surface area (Å²) in [6, 6.07) is 16.0. The van der Waals surface area contributed by atoms with Gasteiger partial charge in [-0.2, -0.15) is 0 Å². The normalized spacial score (nSPS) is 14.8. The number of methoxy groups -OCH3 is 1. The molecule has 1 fully saturated rings. The fraction of sp³-hybridized carbons (Fsp3) is 0.320. The molecule has 3 heterocycles. The fourth-order valence-corrected chi connectivity index (χ4v) is 4.48. The van der Waals surface area contributed by atoms with Crippen LogP contribution in [-0.2, 0) is 6.54 Å². The van der Waals surface area contributed by atoms with Crippen LogP contribution < -0.4 is 15.2 Å². The van der Waals surface area contributed by atoms with Gasteiger partial charge in [0.25, 0.3) is 5.56 Å². The Morgan fingerprint density at radius 2 is 1.69 bits per heavy atom. The van der Waals surface area contributed by atoms with Crippen LogP contribution in [0, 0.1) is 0 Å². The molecule has 2 aromatic carbocycles. The van der Waals surface area contributed by atoms with Gasteiger partial charge in [-0.25, -0.2) is 4.98 Å². The van der Waals surface area contributed by atoms with Crippen molar-refractivity contribution < 1.29 is 4.74 Å². The average molecular weight is 430 g/mol. The molecule has 7 nitrogen and oxygen atoms in total. The summed E-state index contributed by atoms with van der Waals surface area (Å²) in [6.45, 7) is 5.55. The Balaban J connectivity index is 1.20. The number of nitrogens with zero attached hydrogens (tertiary/aromatic N) is 5. The van der Waals surface area contributed by atoms with E-state index in [0.29, 0.717) is 11.9 Å². The maximum absolute atomic E-state index is 13.0. The topological polar surface area (TPSA) is 63.5 Å². The van der Waals surface area contributed by atoms with Crippen LogP contribution in [0.2, 0.25) is 0 Å². The highest BCUT2D eigenvalue weighted by molar-refractivity contribution is 6.02. The molecule has 0 radical (unpaired) electrons. The first kappa shape index (κ1) is 20.5. The molecule has 1 aliphatic heterocycles. The molecule has 1 saturated heterocycles. The zero-order valence-electron chi connectivity index (χ0n) is 18.3. The maximum Gasteiger partial charge on any atom is 0.262 e. The summed E-state index contributed by atoms with van der Waals surface area (Å²) in [4.78, 5) is 26.8. The first-order valence-corrected chi connectivity index (χ1v) is 11.1. The predicted molar refractivity (Wildman–Crippen MR) is 128 cm³/mol. The minimum absolute atomic E-state index is 0.0192. The summed E-state index contributed by atoms with van der Waals surface area (Å²) >= 11 is 0. The van der Waals surface area contributed by atoms with Gasteiger partial charge in [-0.05, 0) is 31.2 Å². The van der Waals surface area contributed by atoms with Gasteiger partial charge in [0.2, 0.25) is 0 Å². The monoisotopic (exact) mass is 429 g/mol. The largest absolute Gasteiger partial charge is 0.495 e. The first-order valence-electron chi connectivity index (χ1n) is 11.1. The van der Waals surface area contributed by atoms with Crippen LogP contribution in [0.1, 0.15) is 6.42 Å². The highest BCUT2D eigenvalue weighted by Gasteiger charge is 2.19. The molecule has 4 aromatic rings. The molecule has 0 unspecified atom stereocenters. The third-order valence-electron chi connectivity index (χ3n) is 6.24. The van der Waals surface area contributed by atoms with E-state index >= 15 is 0 Å². The van der Waals surface area contributed by atoms with Gasteiger partial charge in [0, 0.05) is 44.3 Å². The Hall–Kier alpha value is -3.45. The van der Waals surface area contributed by atoms with Crippen LogP contribution in [0.4, 0.5) is 5.69 Å². The van der Waals surface area contributed by atoms with Crippen molar-refractivity contribution in [2.24, 2.45) is 0 Å². The summed E-state index contributed by atoms with van der Waals surface area (Å²) in [6.07, 6.45) is 4.24. The van der Waals surface area contributed by atoms with Crippen LogP contribution in [0.25, 0.3) is 21.8 Å². The van der Waals surface area contributed by atoms with Crippen molar-refractivity contribution in [2.45, 2.75) is 13.0 Å². The summed E-state index contributed by atoms with van der Waals surface area (Å²) in [5.41, 5.74) is 2.72. The molecule has 0 bridgehead atoms. The van der Waals surface area contributed by atoms with Crippen molar-refractivity contribution in [1.29, 1.82) is 0 Å². The number of fused-ring (bicyclic) bond motifs is 3. The fourth-order valence-electron chi connectivity index (χ4n) is 4.48. The Morgan fingerprint density at radius 1 is 0.906 bits per heavy atom. The Morgan fingerprint density at radius 3 is 2.53 bits per heavy atom. The number of aryl methyl sites for hydroxylation is 1. The third-order valence-corrected chi connectivity index (χ3v) is 6.24. The predicted octanol–water partition coefficient (Wildman–Crippen LogP) is 3.17. The number of hydrogen-bond donors (Lipinski definition) is 0. The van der Waals surface area contributed by atoms with Crippen LogP contribution in [0.3, 0.4) is 0 Å². The molecule has 7 heteroatoms. The lowest BCUT2D eigenvalue weighted by atomic mass is 10.1. The molecule has 0 saturated carbocycles. The van der Waals surface area contributed by atoms with E-state index in [1.165, 1.54) is 0 Å². The summed E-state index contributed by atoms with van der Waals surface area (Å²) in [7, 11) is 1.72.